The van der Waals surface area contributed by atoms with Crippen molar-refractivity contribution in [2.45, 2.75) is 39.0 Å². The first-order valence-corrected chi connectivity index (χ1v) is 9.68. The molecule has 1 heterocycles. The van der Waals surface area contributed by atoms with Crippen LogP contribution in [0.4, 0.5) is 0 Å². The smallest absolute Gasteiger partial charge is 0.191 e. The third-order valence-electron chi connectivity index (χ3n) is 4.37. The van der Waals surface area contributed by atoms with Crippen LogP contribution in [0.5, 0.6) is 0 Å². The lowest BCUT2D eigenvalue weighted by atomic mass is 10.3. The highest BCUT2D eigenvalue weighted by Gasteiger charge is 2.09. The van der Waals surface area contributed by atoms with E-state index in [4.69, 9.17) is 4.74 Å². The van der Waals surface area contributed by atoms with E-state index in [1.54, 1.807) is 7.11 Å². The van der Waals surface area contributed by atoms with E-state index in [-0.39, 0.29) is 0 Å². The van der Waals surface area contributed by atoms with Crippen molar-refractivity contribution in [2.75, 3.05) is 73.1 Å². The Morgan fingerprint density at radius 3 is 2.62 bits per heavy atom. The van der Waals surface area contributed by atoms with E-state index >= 15 is 0 Å². The summed E-state index contributed by atoms with van der Waals surface area (Å²) in [5.41, 5.74) is 0. The Labute approximate surface area is 149 Å². The maximum absolute atomic E-state index is 5.09. The Balaban J connectivity index is 2.09. The number of hydrogen-bond donors (Lipinski definition) is 2. The molecule has 0 unspecified atom stereocenters. The lowest BCUT2D eigenvalue weighted by molar-refractivity contribution is 0.180. The van der Waals surface area contributed by atoms with E-state index in [1.165, 1.54) is 45.3 Å². The van der Waals surface area contributed by atoms with Gasteiger partial charge in [-0.15, -0.1) is 0 Å². The molecule has 2 N–H and O–H groups in total. The molecule has 0 radical (unpaired) electrons. The molecule has 1 aliphatic heterocycles. The monoisotopic (exact) mass is 341 g/mol. The van der Waals surface area contributed by atoms with Crippen molar-refractivity contribution >= 4 is 5.96 Å². The van der Waals surface area contributed by atoms with Crippen LogP contribution in [0.1, 0.15) is 39.0 Å². The number of ether oxygens (including phenoxy) is 1. The van der Waals surface area contributed by atoms with E-state index in [0.717, 1.165) is 51.7 Å². The third kappa shape index (κ3) is 10.8. The standard InChI is InChI=1S/C18H39N5O/c1-4-19-18(21-11-16-22(2)12-9-17-24-3)20-10-5-6-13-23-14-7-8-15-23/h4-17H2,1-3H3,(H2,19,20,21). The fourth-order valence-corrected chi connectivity index (χ4v) is 2.94. The number of methoxy groups -OCH3 is 1. The molecule has 0 spiro atoms. The molecular weight excluding hydrogens is 302 g/mol. The summed E-state index contributed by atoms with van der Waals surface area (Å²) in [6.45, 7) is 11.6. The second kappa shape index (κ2) is 14.5. The largest absolute Gasteiger partial charge is 0.385 e. The zero-order valence-electron chi connectivity index (χ0n) is 16.1. The third-order valence-corrected chi connectivity index (χ3v) is 4.37. The van der Waals surface area contributed by atoms with Gasteiger partial charge in [0, 0.05) is 46.4 Å². The normalized spacial score (nSPS) is 16.1. The molecule has 0 aromatic rings. The SMILES string of the molecule is CCNC(=NCCCCN1CCCC1)NCCN(C)CCCOC. The van der Waals surface area contributed by atoms with Gasteiger partial charge >= 0.3 is 0 Å². The fraction of sp³-hybridized carbons (Fsp3) is 0.944. The number of hydrogen-bond acceptors (Lipinski definition) is 4. The Kier molecular flexibility index (Phi) is 12.8. The predicted molar refractivity (Wildman–Crippen MR) is 103 cm³/mol. The Bertz CT molecular complexity index is 319. The molecule has 1 fully saturated rings. The van der Waals surface area contributed by atoms with Crippen molar-refractivity contribution in [3.63, 3.8) is 0 Å². The molecule has 0 saturated carbocycles. The summed E-state index contributed by atoms with van der Waals surface area (Å²) in [6.07, 6.45) is 6.27. The van der Waals surface area contributed by atoms with E-state index < -0.39 is 0 Å². The molecule has 1 saturated heterocycles. The second-order valence-electron chi connectivity index (χ2n) is 6.59. The predicted octanol–water partition coefficient (Wildman–Crippen LogP) is 1.39. The molecule has 0 atom stereocenters. The van der Waals surface area contributed by atoms with Gasteiger partial charge in [0.25, 0.3) is 0 Å². The van der Waals surface area contributed by atoms with Gasteiger partial charge in [0.05, 0.1) is 0 Å². The molecule has 6 heteroatoms. The molecule has 0 bridgehead atoms. The topological polar surface area (TPSA) is 52.1 Å². The van der Waals surface area contributed by atoms with Gasteiger partial charge in [0.15, 0.2) is 5.96 Å². The molecule has 1 aliphatic rings. The summed E-state index contributed by atoms with van der Waals surface area (Å²) in [5.74, 6) is 0.948. The fourth-order valence-electron chi connectivity index (χ4n) is 2.94. The van der Waals surface area contributed by atoms with Crippen LogP contribution in [0.2, 0.25) is 0 Å². The van der Waals surface area contributed by atoms with Crippen LogP contribution in [0.3, 0.4) is 0 Å². The highest BCUT2D eigenvalue weighted by molar-refractivity contribution is 5.79. The summed E-state index contributed by atoms with van der Waals surface area (Å²) < 4.78 is 5.09. The van der Waals surface area contributed by atoms with Crippen LogP contribution < -0.4 is 10.6 Å². The van der Waals surface area contributed by atoms with Crippen LogP contribution in [0, 0.1) is 0 Å². The van der Waals surface area contributed by atoms with Crippen LogP contribution in [0.15, 0.2) is 4.99 Å². The van der Waals surface area contributed by atoms with Crippen LogP contribution in [-0.2, 0) is 4.74 Å². The molecule has 142 valence electrons. The molecular formula is C18H39N5O. The van der Waals surface area contributed by atoms with E-state index in [0.29, 0.717) is 0 Å². The number of likely N-dealkylation sites (N-methyl/N-ethyl adjacent to an activating group) is 1. The second-order valence-corrected chi connectivity index (χ2v) is 6.59. The van der Waals surface area contributed by atoms with Crippen molar-refractivity contribution in [2.24, 2.45) is 4.99 Å². The van der Waals surface area contributed by atoms with Crippen molar-refractivity contribution in [3.05, 3.63) is 0 Å². The van der Waals surface area contributed by atoms with Crippen LogP contribution in [-0.4, -0.2) is 88.9 Å². The van der Waals surface area contributed by atoms with E-state index in [9.17, 15) is 0 Å². The van der Waals surface area contributed by atoms with Gasteiger partial charge < -0.3 is 25.2 Å². The quantitative estimate of drug-likeness (QED) is 0.301. The zero-order valence-corrected chi connectivity index (χ0v) is 16.1. The van der Waals surface area contributed by atoms with Crippen molar-refractivity contribution in [1.82, 2.24) is 20.4 Å². The summed E-state index contributed by atoms with van der Waals surface area (Å²) in [4.78, 5) is 9.59. The molecule has 24 heavy (non-hydrogen) atoms. The van der Waals surface area contributed by atoms with Gasteiger partial charge in [-0.3, -0.25) is 4.99 Å². The average molecular weight is 342 g/mol. The Morgan fingerprint density at radius 2 is 1.92 bits per heavy atom. The average Bonchev–Trinajstić information content (AvgIpc) is 3.08. The summed E-state index contributed by atoms with van der Waals surface area (Å²) in [6, 6.07) is 0. The summed E-state index contributed by atoms with van der Waals surface area (Å²) in [7, 11) is 3.91. The van der Waals surface area contributed by atoms with E-state index in [2.05, 4.69) is 39.4 Å². The highest BCUT2D eigenvalue weighted by Crippen LogP contribution is 2.08. The summed E-state index contributed by atoms with van der Waals surface area (Å²) >= 11 is 0. The maximum atomic E-state index is 5.09. The molecule has 0 aromatic carbocycles. The first-order chi connectivity index (χ1) is 11.8. The van der Waals surface area contributed by atoms with Gasteiger partial charge in [-0.2, -0.15) is 0 Å². The number of nitrogens with zero attached hydrogens (tertiary/aromatic N) is 3. The number of nitrogens with one attached hydrogen (secondary N) is 2. The van der Waals surface area contributed by atoms with Crippen LogP contribution >= 0.6 is 0 Å². The Hall–Kier alpha value is -0.850. The molecule has 0 aliphatic carbocycles. The minimum absolute atomic E-state index is 0.833. The van der Waals surface area contributed by atoms with Crippen LogP contribution in [0.25, 0.3) is 0 Å². The number of likely N-dealkylation sites (tertiary alicyclic amines) is 1. The lowest BCUT2D eigenvalue weighted by Crippen LogP contribution is -2.41. The zero-order chi connectivity index (χ0) is 17.5. The minimum Gasteiger partial charge on any atom is -0.385 e. The van der Waals surface area contributed by atoms with Gasteiger partial charge in [0.2, 0.25) is 0 Å². The number of guanidine groups is 1. The number of aliphatic imine (C=N–C) groups is 1. The Morgan fingerprint density at radius 1 is 1.12 bits per heavy atom. The van der Waals surface area contributed by atoms with Gasteiger partial charge in [-0.25, -0.2) is 0 Å². The first kappa shape index (κ1) is 21.2. The number of rotatable bonds is 13. The van der Waals surface area contributed by atoms with Crippen molar-refractivity contribution in [1.29, 1.82) is 0 Å². The van der Waals surface area contributed by atoms with Gasteiger partial charge in [-0.05, 0) is 65.7 Å². The summed E-state index contributed by atoms with van der Waals surface area (Å²) in [5, 5.41) is 6.76. The number of unbranched alkanes of at least 4 members (excludes halogenated alkanes) is 1. The molecule has 6 nitrogen and oxygen atoms in total. The highest BCUT2D eigenvalue weighted by atomic mass is 16.5. The minimum atomic E-state index is 0.833. The molecule has 1 rings (SSSR count). The molecule has 0 aromatic heterocycles. The van der Waals surface area contributed by atoms with Gasteiger partial charge in [0.1, 0.15) is 0 Å². The van der Waals surface area contributed by atoms with Gasteiger partial charge in [-0.1, -0.05) is 0 Å². The van der Waals surface area contributed by atoms with E-state index in [1.807, 2.05) is 0 Å². The van der Waals surface area contributed by atoms with Crippen molar-refractivity contribution < 1.29 is 4.74 Å². The lowest BCUT2D eigenvalue weighted by Gasteiger charge is -2.18. The molecule has 0 amide bonds. The maximum Gasteiger partial charge on any atom is 0.191 e. The van der Waals surface area contributed by atoms with Crippen molar-refractivity contribution in [3.8, 4) is 0 Å². The first-order valence-electron chi connectivity index (χ1n) is 9.68.